The molecule has 0 spiro atoms. The summed E-state index contributed by atoms with van der Waals surface area (Å²) in [4.78, 5) is 9.24. The van der Waals surface area contributed by atoms with Crippen molar-refractivity contribution in [3.63, 3.8) is 0 Å². The van der Waals surface area contributed by atoms with Gasteiger partial charge in [-0.15, -0.1) is 11.6 Å². The lowest BCUT2D eigenvalue weighted by molar-refractivity contribution is 0.457. The molecule has 0 bridgehead atoms. The molecule has 19 heavy (non-hydrogen) atoms. The van der Waals surface area contributed by atoms with Crippen LogP contribution in [-0.2, 0) is 5.88 Å². The molecule has 0 unspecified atom stereocenters. The second-order valence-corrected chi connectivity index (χ2v) is 7.00. The number of alkyl halides is 1. The summed E-state index contributed by atoms with van der Waals surface area (Å²) in [6.45, 7) is 11.2. The van der Waals surface area contributed by atoms with E-state index < -0.39 is 0 Å². The molecule has 102 valence electrons. The number of aryl methyl sites for hydroxylation is 1. The van der Waals surface area contributed by atoms with E-state index in [2.05, 4.69) is 48.3 Å². The summed E-state index contributed by atoms with van der Waals surface area (Å²) in [5.74, 6) is 1.36. The zero-order chi connectivity index (χ0) is 14.0. The molecule has 1 fully saturated rings. The molecule has 0 aromatic carbocycles. The van der Waals surface area contributed by atoms with E-state index in [-0.39, 0.29) is 10.8 Å². The third-order valence-electron chi connectivity index (χ3n) is 5.06. The van der Waals surface area contributed by atoms with Crippen LogP contribution in [0, 0.1) is 17.8 Å². The minimum atomic E-state index is 0.244. The molecular formula is C15H20ClN3. The Morgan fingerprint density at radius 1 is 1.26 bits per heavy atom. The monoisotopic (exact) mass is 277 g/mol. The van der Waals surface area contributed by atoms with Crippen molar-refractivity contribution >= 4 is 22.8 Å². The number of halogens is 1. The van der Waals surface area contributed by atoms with Crippen LogP contribution < -0.4 is 0 Å². The Morgan fingerprint density at radius 3 is 2.42 bits per heavy atom. The first-order chi connectivity index (χ1) is 8.80. The fourth-order valence-corrected chi connectivity index (χ4v) is 3.49. The molecule has 0 saturated heterocycles. The first kappa shape index (κ1) is 12.9. The largest absolute Gasteiger partial charge is 0.307 e. The third-order valence-corrected chi connectivity index (χ3v) is 5.30. The highest BCUT2D eigenvalue weighted by Gasteiger charge is 2.66. The number of pyridine rings is 1. The predicted molar refractivity (Wildman–Crippen MR) is 78.4 cm³/mol. The smallest absolute Gasteiger partial charge is 0.160 e. The summed E-state index contributed by atoms with van der Waals surface area (Å²) in [6.07, 6.45) is 1.90. The number of hydrogen-bond acceptors (Lipinski definition) is 2. The van der Waals surface area contributed by atoms with Gasteiger partial charge in [0.25, 0.3) is 0 Å². The van der Waals surface area contributed by atoms with Crippen molar-refractivity contribution in [2.75, 3.05) is 0 Å². The number of hydrogen-bond donors (Lipinski definition) is 0. The zero-order valence-electron chi connectivity index (χ0n) is 12.2. The maximum Gasteiger partial charge on any atom is 0.160 e. The number of aromatic nitrogens is 3. The highest BCUT2D eigenvalue weighted by molar-refractivity contribution is 6.16. The van der Waals surface area contributed by atoms with E-state index in [9.17, 15) is 0 Å². The maximum absolute atomic E-state index is 6.09. The molecule has 3 nitrogen and oxygen atoms in total. The van der Waals surface area contributed by atoms with E-state index in [4.69, 9.17) is 11.6 Å². The van der Waals surface area contributed by atoms with E-state index in [1.54, 1.807) is 0 Å². The molecule has 2 aromatic heterocycles. The van der Waals surface area contributed by atoms with E-state index in [1.165, 1.54) is 0 Å². The highest BCUT2D eigenvalue weighted by Crippen LogP contribution is 2.71. The molecule has 0 atom stereocenters. The van der Waals surface area contributed by atoms with Crippen LogP contribution in [0.5, 0.6) is 0 Å². The van der Waals surface area contributed by atoms with Gasteiger partial charge in [-0.05, 0) is 29.4 Å². The lowest BCUT2D eigenvalue weighted by atomic mass is 10.0. The van der Waals surface area contributed by atoms with Crippen LogP contribution in [-0.4, -0.2) is 14.5 Å². The van der Waals surface area contributed by atoms with Gasteiger partial charge in [-0.2, -0.15) is 0 Å². The summed E-state index contributed by atoms with van der Waals surface area (Å²) >= 11 is 6.09. The molecule has 1 saturated carbocycles. The lowest BCUT2D eigenvalue weighted by Crippen LogP contribution is -2.06. The Balaban J connectivity index is 2.24. The van der Waals surface area contributed by atoms with Crippen molar-refractivity contribution in [1.29, 1.82) is 0 Å². The standard InChI is InChI=1S/C15H20ClN3/c1-9-6-10-12(17-8-9)19(11(7-16)18-10)13-14(2,3)15(13,4)5/h6,8,13H,7H2,1-5H3. The van der Waals surface area contributed by atoms with Crippen molar-refractivity contribution in [3.05, 3.63) is 23.7 Å². The molecule has 0 radical (unpaired) electrons. The minimum Gasteiger partial charge on any atom is -0.307 e. The van der Waals surface area contributed by atoms with Gasteiger partial charge in [-0.3, -0.25) is 0 Å². The summed E-state index contributed by atoms with van der Waals surface area (Å²) in [5.41, 5.74) is 3.54. The summed E-state index contributed by atoms with van der Waals surface area (Å²) < 4.78 is 2.25. The minimum absolute atomic E-state index is 0.244. The fraction of sp³-hybridized carbons (Fsp3) is 0.600. The van der Waals surface area contributed by atoms with Crippen LogP contribution in [0.15, 0.2) is 12.3 Å². The van der Waals surface area contributed by atoms with E-state index >= 15 is 0 Å². The van der Waals surface area contributed by atoms with Crippen LogP contribution in [0.3, 0.4) is 0 Å². The molecule has 0 aliphatic heterocycles. The molecule has 0 N–H and O–H groups in total. The topological polar surface area (TPSA) is 30.7 Å². The van der Waals surface area contributed by atoms with E-state index in [0.29, 0.717) is 11.9 Å². The van der Waals surface area contributed by atoms with Crippen molar-refractivity contribution in [1.82, 2.24) is 14.5 Å². The normalized spacial score (nSPS) is 20.9. The van der Waals surface area contributed by atoms with Crippen molar-refractivity contribution in [2.45, 2.75) is 46.5 Å². The second-order valence-electron chi connectivity index (χ2n) is 6.73. The van der Waals surface area contributed by atoms with Crippen LogP contribution in [0.25, 0.3) is 11.2 Å². The third kappa shape index (κ3) is 1.57. The molecule has 2 aromatic rings. The molecular weight excluding hydrogens is 258 g/mol. The van der Waals surface area contributed by atoms with Crippen LogP contribution in [0.1, 0.15) is 45.1 Å². The van der Waals surface area contributed by atoms with Gasteiger partial charge >= 0.3 is 0 Å². The first-order valence-electron chi connectivity index (χ1n) is 6.70. The Kier molecular flexibility index (Phi) is 2.53. The maximum atomic E-state index is 6.09. The molecule has 1 aliphatic rings. The second kappa shape index (κ2) is 3.72. The average molecular weight is 278 g/mol. The molecule has 3 rings (SSSR count). The SMILES string of the molecule is Cc1cnc2c(c1)nc(CCl)n2C1C(C)(C)C1(C)C. The van der Waals surface area contributed by atoms with Gasteiger partial charge in [-0.1, -0.05) is 27.7 Å². The van der Waals surface area contributed by atoms with Crippen molar-refractivity contribution < 1.29 is 0 Å². The van der Waals surface area contributed by atoms with Crippen LogP contribution in [0.2, 0.25) is 0 Å². The number of fused-ring (bicyclic) bond motifs is 1. The van der Waals surface area contributed by atoms with Gasteiger partial charge in [-0.25, -0.2) is 9.97 Å². The Hall–Kier alpha value is -1.09. The molecule has 4 heteroatoms. The van der Waals surface area contributed by atoms with Gasteiger partial charge in [0.15, 0.2) is 5.65 Å². The Labute approximate surface area is 119 Å². The predicted octanol–water partition coefficient (Wildman–Crippen LogP) is 4.09. The zero-order valence-corrected chi connectivity index (χ0v) is 12.9. The van der Waals surface area contributed by atoms with Crippen molar-refractivity contribution in [3.8, 4) is 0 Å². The number of nitrogens with zero attached hydrogens (tertiary/aromatic N) is 3. The summed E-state index contributed by atoms with van der Waals surface area (Å²) in [5, 5.41) is 0. The van der Waals surface area contributed by atoms with Gasteiger partial charge in [0.05, 0.1) is 5.88 Å². The molecule has 2 heterocycles. The lowest BCUT2D eigenvalue weighted by Gasteiger charge is -2.09. The van der Waals surface area contributed by atoms with Gasteiger partial charge in [0, 0.05) is 12.2 Å². The molecule has 0 amide bonds. The summed E-state index contributed by atoms with van der Waals surface area (Å²) in [7, 11) is 0. The van der Waals surface area contributed by atoms with Crippen LogP contribution >= 0.6 is 11.6 Å². The summed E-state index contributed by atoms with van der Waals surface area (Å²) in [6, 6.07) is 2.49. The van der Waals surface area contributed by atoms with E-state index in [0.717, 1.165) is 22.6 Å². The first-order valence-corrected chi connectivity index (χ1v) is 7.23. The fourth-order valence-electron chi connectivity index (χ4n) is 3.30. The Bertz CT molecular complexity index is 641. The van der Waals surface area contributed by atoms with E-state index in [1.807, 2.05) is 13.1 Å². The quantitative estimate of drug-likeness (QED) is 0.774. The average Bonchev–Trinajstić information content (AvgIpc) is 2.63. The van der Waals surface area contributed by atoms with Crippen molar-refractivity contribution in [2.24, 2.45) is 10.8 Å². The molecule has 1 aliphatic carbocycles. The Morgan fingerprint density at radius 2 is 1.89 bits per heavy atom. The van der Waals surface area contributed by atoms with Gasteiger partial charge < -0.3 is 4.57 Å². The van der Waals surface area contributed by atoms with Gasteiger partial charge in [0.2, 0.25) is 0 Å². The van der Waals surface area contributed by atoms with Crippen LogP contribution in [0.4, 0.5) is 0 Å². The highest BCUT2D eigenvalue weighted by atomic mass is 35.5. The number of imidazole rings is 1. The van der Waals surface area contributed by atoms with Gasteiger partial charge in [0.1, 0.15) is 11.3 Å². The number of rotatable bonds is 2.